The lowest BCUT2D eigenvalue weighted by atomic mass is 10.2. The first-order valence-electron chi connectivity index (χ1n) is 4.89. The van der Waals surface area contributed by atoms with Gasteiger partial charge < -0.3 is 20.9 Å². The largest absolute Gasteiger partial charge is 0.457 e. The van der Waals surface area contributed by atoms with E-state index < -0.39 is 5.97 Å². The van der Waals surface area contributed by atoms with E-state index in [9.17, 15) is 4.79 Å². The quantitative estimate of drug-likeness (QED) is 0.589. The summed E-state index contributed by atoms with van der Waals surface area (Å²) in [6.45, 7) is 2.10. The maximum Gasteiger partial charge on any atom is 0.338 e. The van der Waals surface area contributed by atoms with E-state index in [1.165, 1.54) is 12.1 Å². The van der Waals surface area contributed by atoms with Crippen LogP contribution >= 0.6 is 0 Å². The van der Waals surface area contributed by atoms with Gasteiger partial charge in [0.15, 0.2) is 0 Å². The average molecular weight is 224 g/mol. The molecule has 0 aliphatic heterocycles. The number of anilines is 2. The molecule has 0 saturated heterocycles. The normalized spacial score (nSPS) is 12.1. The molecule has 0 amide bonds. The molecule has 0 spiro atoms. The number of esters is 1. The average Bonchev–Trinajstić information content (AvgIpc) is 2.16. The van der Waals surface area contributed by atoms with Crippen LogP contribution in [-0.4, -0.2) is 25.8 Å². The summed E-state index contributed by atoms with van der Waals surface area (Å²) in [5.41, 5.74) is 12.4. The van der Waals surface area contributed by atoms with Gasteiger partial charge in [0, 0.05) is 18.5 Å². The van der Waals surface area contributed by atoms with Gasteiger partial charge in [-0.25, -0.2) is 4.79 Å². The first-order valence-corrected chi connectivity index (χ1v) is 4.89. The molecule has 5 nitrogen and oxygen atoms in total. The number of carbonyl (C=O) groups excluding carboxylic acids is 1. The van der Waals surface area contributed by atoms with Crippen molar-refractivity contribution in [2.45, 2.75) is 13.0 Å². The van der Waals surface area contributed by atoms with E-state index in [-0.39, 0.29) is 6.10 Å². The van der Waals surface area contributed by atoms with E-state index in [0.717, 1.165) is 0 Å². The third-order valence-electron chi connectivity index (χ3n) is 1.92. The van der Waals surface area contributed by atoms with Crippen LogP contribution in [0, 0.1) is 0 Å². The van der Waals surface area contributed by atoms with Gasteiger partial charge in [0.05, 0.1) is 12.2 Å². The lowest BCUT2D eigenvalue weighted by Gasteiger charge is -2.12. The minimum atomic E-state index is -0.455. The predicted octanol–water partition coefficient (Wildman–Crippen LogP) is 1.04. The molecule has 1 unspecified atom stereocenters. The highest BCUT2D eigenvalue weighted by molar-refractivity contribution is 5.91. The van der Waals surface area contributed by atoms with E-state index in [1.54, 1.807) is 20.1 Å². The van der Waals surface area contributed by atoms with E-state index in [0.29, 0.717) is 23.5 Å². The van der Waals surface area contributed by atoms with Gasteiger partial charge in [0.25, 0.3) is 0 Å². The number of hydrogen-bond acceptors (Lipinski definition) is 5. The van der Waals surface area contributed by atoms with Crippen LogP contribution in [0.3, 0.4) is 0 Å². The molecule has 5 heteroatoms. The number of nitrogen functional groups attached to an aromatic ring is 2. The lowest BCUT2D eigenvalue weighted by molar-refractivity contribution is 0.0120. The fourth-order valence-electron chi connectivity index (χ4n) is 1.31. The summed E-state index contributed by atoms with van der Waals surface area (Å²) in [7, 11) is 1.54. The van der Waals surface area contributed by atoms with Gasteiger partial charge in [0.1, 0.15) is 6.10 Å². The molecule has 4 N–H and O–H groups in total. The van der Waals surface area contributed by atoms with Crippen molar-refractivity contribution in [3.8, 4) is 0 Å². The van der Waals surface area contributed by atoms with E-state index >= 15 is 0 Å². The molecule has 1 aromatic rings. The minimum absolute atomic E-state index is 0.305. The second kappa shape index (κ2) is 5.37. The van der Waals surface area contributed by atoms with Crippen molar-refractivity contribution in [1.29, 1.82) is 0 Å². The Balaban J connectivity index is 2.72. The van der Waals surface area contributed by atoms with Crippen LogP contribution in [0.25, 0.3) is 0 Å². The second-order valence-electron chi connectivity index (χ2n) is 3.56. The summed E-state index contributed by atoms with van der Waals surface area (Å²) in [5, 5.41) is 0. The lowest BCUT2D eigenvalue weighted by Crippen LogP contribution is -2.19. The molecule has 0 aromatic heterocycles. The Kier molecular flexibility index (Phi) is 4.13. The summed E-state index contributed by atoms with van der Waals surface area (Å²) in [5.74, 6) is -0.455. The minimum Gasteiger partial charge on any atom is -0.457 e. The smallest absolute Gasteiger partial charge is 0.338 e. The number of benzene rings is 1. The Hall–Kier alpha value is -1.75. The zero-order chi connectivity index (χ0) is 12.1. The van der Waals surface area contributed by atoms with Crippen molar-refractivity contribution in [3.63, 3.8) is 0 Å². The Morgan fingerprint density at radius 2 is 1.88 bits per heavy atom. The maximum absolute atomic E-state index is 11.6. The second-order valence-corrected chi connectivity index (χ2v) is 3.56. The zero-order valence-corrected chi connectivity index (χ0v) is 9.40. The van der Waals surface area contributed by atoms with Gasteiger partial charge in [-0.05, 0) is 25.1 Å². The Morgan fingerprint density at radius 1 is 1.31 bits per heavy atom. The molecule has 88 valence electrons. The number of nitrogens with two attached hydrogens (primary N) is 2. The van der Waals surface area contributed by atoms with Gasteiger partial charge in [-0.1, -0.05) is 0 Å². The molecule has 1 atom stereocenters. The fourth-order valence-corrected chi connectivity index (χ4v) is 1.31. The first-order chi connectivity index (χ1) is 7.52. The van der Waals surface area contributed by atoms with Crippen molar-refractivity contribution in [1.82, 2.24) is 0 Å². The Bertz CT molecular complexity index is 359. The first kappa shape index (κ1) is 12.3. The highest BCUT2D eigenvalue weighted by Crippen LogP contribution is 2.15. The molecule has 0 bridgehead atoms. The molecule has 0 fully saturated rings. The monoisotopic (exact) mass is 224 g/mol. The van der Waals surface area contributed by atoms with Gasteiger partial charge in [0.2, 0.25) is 0 Å². The van der Waals surface area contributed by atoms with E-state index in [2.05, 4.69) is 0 Å². The standard InChI is InChI=1S/C11H16N2O3/c1-7(6-15-2)16-11(14)8-3-9(12)5-10(13)4-8/h3-5,7H,6,12-13H2,1-2H3. The predicted molar refractivity (Wildman–Crippen MR) is 62.0 cm³/mol. The summed E-state index contributed by atoms with van der Waals surface area (Å²) >= 11 is 0. The Labute approximate surface area is 94.3 Å². The van der Waals surface area contributed by atoms with Crippen molar-refractivity contribution in [2.24, 2.45) is 0 Å². The van der Waals surface area contributed by atoms with Crippen LogP contribution in [0.4, 0.5) is 11.4 Å². The molecule has 16 heavy (non-hydrogen) atoms. The van der Waals surface area contributed by atoms with Gasteiger partial charge in [-0.3, -0.25) is 0 Å². The van der Waals surface area contributed by atoms with E-state index in [1.807, 2.05) is 0 Å². The third-order valence-corrected chi connectivity index (χ3v) is 1.92. The summed E-state index contributed by atoms with van der Waals surface area (Å²) in [4.78, 5) is 11.6. The third kappa shape index (κ3) is 3.43. The molecular weight excluding hydrogens is 208 g/mol. The maximum atomic E-state index is 11.6. The summed E-state index contributed by atoms with van der Waals surface area (Å²) < 4.78 is 9.97. The molecule has 1 aromatic carbocycles. The van der Waals surface area contributed by atoms with Crippen LogP contribution in [0.15, 0.2) is 18.2 Å². The highest BCUT2D eigenvalue weighted by Gasteiger charge is 2.12. The highest BCUT2D eigenvalue weighted by atomic mass is 16.6. The van der Waals surface area contributed by atoms with Gasteiger partial charge >= 0.3 is 5.97 Å². The van der Waals surface area contributed by atoms with Crippen LogP contribution in [-0.2, 0) is 9.47 Å². The van der Waals surface area contributed by atoms with Crippen LogP contribution in [0.1, 0.15) is 17.3 Å². The number of hydrogen-bond donors (Lipinski definition) is 2. The Morgan fingerprint density at radius 3 is 2.38 bits per heavy atom. The zero-order valence-electron chi connectivity index (χ0n) is 9.40. The molecule has 0 heterocycles. The summed E-state index contributed by atoms with van der Waals surface area (Å²) in [6, 6.07) is 4.63. The van der Waals surface area contributed by atoms with E-state index in [4.69, 9.17) is 20.9 Å². The molecule has 0 radical (unpaired) electrons. The van der Waals surface area contributed by atoms with Gasteiger partial charge in [-0.15, -0.1) is 0 Å². The molecule has 1 rings (SSSR count). The number of carbonyl (C=O) groups is 1. The van der Waals surface area contributed by atoms with Crippen LogP contribution < -0.4 is 11.5 Å². The van der Waals surface area contributed by atoms with Crippen LogP contribution in [0.5, 0.6) is 0 Å². The SMILES string of the molecule is COCC(C)OC(=O)c1cc(N)cc(N)c1. The summed E-state index contributed by atoms with van der Waals surface area (Å²) in [6.07, 6.45) is -0.305. The molecule has 0 aliphatic rings. The molecule has 0 aliphatic carbocycles. The van der Waals surface area contributed by atoms with Crippen molar-refractivity contribution < 1.29 is 14.3 Å². The van der Waals surface area contributed by atoms with Crippen molar-refractivity contribution in [2.75, 3.05) is 25.2 Å². The number of rotatable bonds is 4. The van der Waals surface area contributed by atoms with Crippen LogP contribution in [0.2, 0.25) is 0 Å². The molecule has 0 saturated carbocycles. The van der Waals surface area contributed by atoms with Crippen molar-refractivity contribution >= 4 is 17.3 Å². The number of ether oxygens (including phenoxy) is 2. The molecular formula is C11H16N2O3. The van der Waals surface area contributed by atoms with Crippen molar-refractivity contribution in [3.05, 3.63) is 23.8 Å². The van der Waals surface area contributed by atoms with Gasteiger partial charge in [-0.2, -0.15) is 0 Å². The fraction of sp³-hybridized carbons (Fsp3) is 0.364. The topological polar surface area (TPSA) is 87.6 Å². The number of methoxy groups -OCH3 is 1.